The Morgan fingerprint density at radius 3 is 2.85 bits per heavy atom. The number of carbonyl (C=O) groups is 1. The van der Waals surface area contributed by atoms with Crippen LogP contribution < -0.4 is 5.73 Å². The normalized spacial score (nSPS) is 8.69. The topological polar surface area (TPSA) is 63.3 Å². The van der Waals surface area contributed by atoms with Gasteiger partial charge in [0, 0.05) is 10.4 Å². The van der Waals surface area contributed by atoms with Crippen molar-refractivity contribution in [2.75, 3.05) is 0 Å². The molecule has 0 aromatic heterocycles. The summed E-state index contributed by atoms with van der Waals surface area (Å²) in [5.41, 5.74) is 5.19. The van der Waals surface area contributed by atoms with Gasteiger partial charge in [0.05, 0.1) is 5.56 Å². The molecule has 1 amide bonds. The van der Waals surface area contributed by atoms with Gasteiger partial charge < -0.3 is 10.8 Å². The van der Waals surface area contributed by atoms with Gasteiger partial charge >= 0.3 is 0 Å². The number of rotatable bonds is 0. The summed E-state index contributed by atoms with van der Waals surface area (Å²) in [7, 11) is 0. The molecule has 4 heteroatoms. The van der Waals surface area contributed by atoms with Crippen LogP contribution in [-0.4, -0.2) is 11.0 Å². The van der Waals surface area contributed by atoms with E-state index in [0.29, 0.717) is 5.56 Å². The third-order valence-electron chi connectivity index (χ3n) is 1.28. The number of hydrogen-bond acceptors (Lipinski definition) is 2. The van der Waals surface area contributed by atoms with Crippen LogP contribution in [0.3, 0.4) is 0 Å². The van der Waals surface area contributed by atoms with E-state index in [1.165, 1.54) is 6.07 Å². The minimum Gasteiger partial charge on any atom is -0.507 e. The van der Waals surface area contributed by atoms with Crippen molar-refractivity contribution in [3.8, 4) is 17.6 Å². The maximum atomic E-state index is 10.3. The largest absolute Gasteiger partial charge is 0.507 e. The predicted molar refractivity (Wildman–Crippen MR) is 51.9 cm³/mol. The number of nitrogens with two attached hydrogens (primary N) is 1. The fraction of sp³-hybridized carbons (Fsp3) is 0. The lowest BCUT2D eigenvalue weighted by Gasteiger charge is -1.95. The first-order chi connectivity index (χ1) is 6.09. The molecule has 66 valence electrons. The van der Waals surface area contributed by atoms with Gasteiger partial charge in [-0.05, 0) is 18.2 Å². The van der Waals surface area contributed by atoms with Gasteiger partial charge in [0.15, 0.2) is 0 Å². The molecule has 0 radical (unpaired) electrons. The number of amides is 1. The second-order valence-electron chi connectivity index (χ2n) is 2.28. The van der Waals surface area contributed by atoms with Crippen molar-refractivity contribution >= 4 is 21.8 Å². The minimum atomic E-state index is -0.723. The Morgan fingerprint density at radius 2 is 2.23 bits per heavy atom. The monoisotopic (exact) mass is 239 g/mol. The molecular formula is C9H6BrNO2. The molecule has 0 spiro atoms. The lowest BCUT2D eigenvalue weighted by Crippen LogP contribution is -2.06. The molecule has 1 aromatic carbocycles. The van der Waals surface area contributed by atoms with Crippen LogP contribution in [0.1, 0.15) is 5.56 Å². The van der Waals surface area contributed by atoms with Crippen LogP contribution in [0.2, 0.25) is 0 Å². The van der Waals surface area contributed by atoms with E-state index in [9.17, 15) is 9.90 Å². The maximum Gasteiger partial charge on any atom is 0.293 e. The molecule has 0 unspecified atom stereocenters. The Balaban J connectivity index is 3.09. The Kier molecular flexibility index (Phi) is 2.93. The zero-order valence-electron chi connectivity index (χ0n) is 6.54. The summed E-state index contributed by atoms with van der Waals surface area (Å²) in [5.74, 6) is 3.89. The molecular weight excluding hydrogens is 234 g/mol. The van der Waals surface area contributed by atoms with Gasteiger partial charge in [-0.1, -0.05) is 21.9 Å². The quantitative estimate of drug-likeness (QED) is 0.664. The molecule has 0 aliphatic rings. The second-order valence-corrected chi connectivity index (χ2v) is 3.19. The van der Waals surface area contributed by atoms with E-state index in [1.54, 1.807) is 12.1 Å². The van der Waals surface area contributed by atoms with Crippen molar-refractivity contribution in [3.05, 3.63) is 28.2 Å². The number of carbonyl (C=O) groups excluding carboxylic acids is 1. The van der Waals surface area contributed by atoms with Crippen molar-refractivity contribution in [3.63, 3.8) is 0 Å². The summed E-state index contributed by atoms with van der Waals surface area (Å²) < 4.78 is 0.777. The number of hydrogen-bond donors (Lipinski definition) is 2. The Bertz CT molecular complexity index is 404. The van der Waals surface area contributed by atoms with Crippen molar-refractivity contribution in [2.45, 2.75) is 0 Å². The molecule has 13 heavy (non-hydrogen) atoms. The van der Waals surface area contributed by atoms with Crippen LogP contribution in [0.4, 0.5) is 0 Å². The molecule has 0 saturated heterocycles. The zero-order chi connectivity index (χ0) is 9.84. The van der Waals surface area contributed by atoms with Crippen LogP contribution in [0.15, 0.2) is 22.7 Å². The number of aromatic hydroxyl groups is 1. The van der Waals surface area contributed by atoms with Crippen molar-refractivity contribution in [1.82, 2.24) is 0 Å². The van der Waals surface area contributed by atoms with Crippen LogP contribution in [-0.2, 0) is 4.79 Å². The lowest BCUT2D eigenvalue weighted by molar-refractivity contribution is -0.112. The first kappa shape index (κ1) is 9.62. The summed E-state index contributed by atoms with van der Waals surface area (Å²) in [6.07, 6.45) is 0. The van der Waals surface area contributed by atoms with E-state index < -0.39 is 5.91 Å². The molecule has 0 bridgehead atoms. The third-order valence-corrected chi connectivity index (χ3v) is 1.77. The van der Waals surface area contributed by atoms with Crippen LogP contribution in [0.5, 0.6) is 5.75 Å². The van der Waals surface area contributed by atoms with E-state index in [4.69, 9.17) is 5.73 Å². The molecule has 1 aromatic rings. The van der Waals surface area contributed by atoms with Crippen LogP contribution in [0.25, 0.3) is 0 Å². The molecule has 3 nitrogen and oxygen atoms in total. The summed E-state index contributed by atoms with van der Waals surface area (Å²) in [6.45, 7) is 0. The smallest absolute Gasteiger partial charge is 0.293 e. The molecule has 0 heterocycles. The van der Waals surface area contributed by atoms with E-state index >= 15 is 0 Å². The van der Waals surface area contributed by atoms with Gasteiger partial charge in [-0.3, -0.25) is 4.79 Å². The van der Waals surface area contributed by atoms with Gasteiger partial charge in [0.2, 0.25) is 0 Å². The lowest BCUT2D eigenvalue weighted by atomic mass is 10.2. The third kappa shape index (κ3) is 2.80. The average molecular weight is 240 g/mol. The van der Waals surface area contributed by atoms with Gasteiger partial charge in [0.1, 0.15) is 5.75 Å². The maximum absolute atomic E-state index is 10.3. The molecule has 0 atom stereocenters. The molecule has 0 saturated carbocycles. The summed E-state index contributed by atoms with van der Waals surface area (Å²) >= 11 is 3.21. The predicted octanol–water partition coefficient (Wildman–Crippen LogP) is 0.992. The Hall–Kier alpha value is -1.47. The Morgan fingerprint density at radius 1 is 1.54 bits per heavy atom. The van der Waals surface area contributed by atoms with E-state index in [0.717, 1.165) is 4.47 Å². The van der Waals surface area contributed by atoms with Gasteiger partial charge in [-0.2, -0.15) is 0 Å². The SMILES string of the molecule is NC(=O)C#Cc1cc(Br)ccc1O. The fourth-order valence-corrected chi connectivity index (χ4v) is 1.10. The highest BCUT2D eigenvalue weighted by Crippen LogP contribution is 2.20. The molecule has 0 fully saturated rings. The molecule has 0 aliphatic carbocycles. The highest BCUT2D eigenvalue weighted by molar-refractivity contribution is 9.10. The number of phenolic OH excluding ortho intramolecular Hbond substituents is 1. The zero-order valence-corrected chi connectivity index (χ0v) is 8.13. The number of phenols is 1. The van der Waals surface area contributed by atoms with Gasteiger partial charge in [-0.15, -0.1) is 0 Å². The van der Waals surface area contributed by atoms with Crippen molar-refractivity contribution in [1.29, 1.82) is 0 Å². The van der Waals surface area contributed by atoms with Gasteiger partial charge in [0.25, 0.3) is 5.91 Å². The van der Waals surface area contributed by atoms with Crippen LogP contribution in [0, 0.1) is 11.8 Å². The summed E-state index contributed by atoms with van der Waals surface area (Å²) in [6, 6.07) is 4.76. The summed E-state index contributed by atoms with van der Waals surface area (Å²) in [4.78, 5) is 10.3. The first-order valence-electron chi connectivity index (χ1n) is 3.39. The molecule has 1 rings (SSSR count). The molecule has 3 N–H and O–H groups in total. The first-order valence-corrected chi connectivity index (χ1v) is 4.19. The minimum absolute atomic E-state index is 0.0250. The number of halogens is 1. The van der Waals surface area contributed by atoms with E-state index in [2.05, 4.69) is 27.8 Å². The second kappa shape index (κ2) is 3.97. The standard InChI is InChI=1S/C9H6BrNO2/c10-7-2-3-8(12)6(5-7)1-4-9(11)13/h2-3,5,12H,(H2,11,13). The fourth-order valence-electron chi connectivity index (χ4n) is 0.737. The number of primary amides is 1. The molecule has 0 aliphatic heterocycles. The average Bonchev–Trinajstić information content (AvgIpc) is 2.06. The highest BCUT2D eigenvalue weighted by atomic mass is 79.9. The highest BCUT2D eigenvalue weighted by Gasteiger charge is 1.97. The van der Waals surface area contributed by atoms with E-state index in [-0.39, 0.29) is 5.75 Å². The van der Waals surface area contributed by atoms with Gasteiger partial charge in [-0.25, -0.2) is 0 Å². The van der Waals surface area contributed by atoms with E-state index in [1.807, 2.05) is 0 Å². The summed E-state index contributed by atoms with van der Waals surface area (Å²) in [5, 5.41) is 9.27. The van der Waals surface area contributed by atoms with Crippen molar-refractivity contribution in [2.24, 2.45) is 5.73 Å². The number of benzene rings is 1. The van der Waals surface area contributed by atoms with Crippen molar-refractivity contribution < 1.29 is 9.90 Å². The Labute approximate surface area is 83.7 Å². The van der Waals surface area contributed by atoms with Crippen LogP contribution >= 0.6 is 15.9 Å².